The zero-order valence-electron chi connectivity index (χ0n) is 8.02. The van der Waals surface area contributed by atoms with Gasteiger partial charge in [-0.05, 0) is 31.0 Å². The summed E-state index contributed by atoms with van der Waals surface area (Å²) in [6, 6.07) is 1.83. The van der Waals surface area contributed by atoms with Crippen molar-refractivity contribution < 1.29 is 9.84 Å². The Hall–Kier alpha value is -0.730. The van der Waals surface area contributed by atoms with Crippen LogP contribution >= 0.6 is 11.6 Å². The molecule has 0 aliphatic carbocycles. The monoisotopic (exact) mass is 200 g/mol. The second-order valence-electron chi connectivity index (χ2n) is 2.97. The second-order valence-corrected chi connectivity index (χ2v) is 3.35. The van der Waals surface area contributed by atoms with Gasteiger partial charge in [0.1, 0.15) is 5.75 Å². The predicted octanol–water partition coefficient (Wildman–Crippen LogP) is 2.46. The summed E-state index contributed by atoms with van der Waals surface area (Å²) < 4.78 is 5.13. The van der Waals surface area contributed by atoms with Crippen molar-refractivity contribution in [3.8, 4) is 5.75 Å². The molecule has 1 rings (SSSR count). The summed E-state index contributed by atoms with van der Waals surface area (Å²) >= 11 is 6.02. The average molecular weight is 201 g/mol. The zero-order chi connectivity index (χ0) is 10.0. The van der Waals surface area contributed by atoms with Gasteiger partial charge in [0, 0.05) is 10.6 Å². The van der Waals surface area contributed by atoms with Gasteiger partial charge in [0.2, 0.25) is 0 Å². The Labute approximate surface area is 83.1 Å². The molecule has 0 atom stereocenters. The van der Waals surface area contributed by atoms with E-state index < -0.39 is 0 Å². The van der Waals surface area contributed by atoms with Gasteiger partial charge in [0.25, 0.3) is 0 Å². The Morgan fingerprint density at radius 2 is 2.08 bits per heavy atom. The minimum absolute atomic E-state index is 0.0466. The molecule has 1 aromatic rings. The SMILES string of the molecule is COc1cc(C)c(Cl)c(C)c1CO. The van der Waals surface area contributed by atoms with Crippen LogP contribution in [0.15, 0.2) is 6.07 Å². The fourth-order valence-electron chi connectivity index (χ4n) is 1.34. The number of halogens is 1. The van der Waals surface area contributed by atoms with Crippen LogP contribution in [0.25, 0.3) is 0 Å². The van der Waals surface area contributed by atoms with Crippen molar-refractivity contribution in [2.75, 3.05) is 7.11 Å². The number of hydrogen-bond donors (Lipinski definition) is 1. The Morgan fingerprint density at radius 3 is 2.54 bits per heavy atom. The second kappa shape index (κ2) is 3.99. The van der Waals surface area contributed by atoms with Crippen LogP contribution < -0.4 is 4.74 Å². The first kappa shape index (κ1) is 10.4. The molecular weight excluding hydrogens is 188 g/mol. The Morgan fingerprint density at radius 1 is 1.46 bits per heavy atom. The van der Waals surface area contributed by atoms with Gasteiger partial charge in [-0.25, -0.2) is 0 Å². The Bertz CT molecular complexity index is 321. The van der Waals surface area contributed by atoms with Gasteiger partial charge in [-0.2, -0.15) is 0 Å². The van der Waals surface area contributed by atoms with Crippen LogP contribution in [-0.4, -0.2) is 12.2 Å². The van der Waals surface area contributed by atoms with Gasteiger partial charge in [-0.15, -0.1) is 0 Å². The number of hydrogen-bond acceptors (Lipinski definition) is 2. The third-order valence-corrected chi connectivity index (χ3v) is 2.73. The predicted molar refractivity (Wildman–Crippen MR) is 53.4 cm³/mol. The molecule has 3 heteroatoms. The van der Waals surface area contributed by atoms with E-state index in [0.717, 1.165) is 16.7 Å². The maximum absolute atomic E-state index is 9.11. The topological polar surface area (TPSA) is 29.5 Å². The summed E-state index contributed by atoms with van der Waals surface area (Å²) in [5.41, 5.74) is 2.62. The lowest BCUT2D eigenvalue weighted by molar-refractivity contribution is 0.273. The van der Waals surface area contributed by atoms with Crippen LogP contribution in [0, 0.1) is 13.8 Å². The summed E-state index contributed by atoms with van der Waals surface area (Å²) in [4.78, 5) is 0. The van der Waals surface area contributed by atoms with E-state index in [1.165, 1.54) is 0 Å². The molecular formula is C10H13ClO2. The highest BCUT2D eigenvalue weighted by molar-refractivity contribution is 6.32. The quantitative estimate of drug-likeness (QED) is 0.795. The number of aliphatic hydroxyl groups is 1. The summed E-state index contributed by atoms with van der Waals surface area (Å²) in [5, 5.41) is 9.81. The maximum atomic E-state index is 9.11. The molecule has 0 fully saturated rings. The average Bonchev–Trinajstić information content (AvgIpc) is 2.13. The third kappa shape index (κ3) is 1.79. The molecule has 0 spiro atoms. The first-order chi connectivity index (χ1) is 6.11. The highest BCUT2D eigenvalue weighted by Crippen LogP contribution is 2.31. The van der Waals surface area contributed by atoms with Crippen LogP contribution in [0.2, 0.25) is 5.02 Å². The third-order valence-electron chi connectivity index (χ3n) is 2.15. The zero-order valence-corrected chi connectivity index (χ0v) is 8.77. The molecule has 1 aromatic carbocycles. The van der Waals surface area contributed by atoms with E-state index in [1.807, 2.05) is 19.9 Å². The minimum atomic E-state index is -0.0466. The van der Waals surface area contributed by atoms with Gasteiger partial charge in [-0.1, -0.05) is 11.6 Å². The molecule has 13 heavy (non-hydrogen) atoms. The molecule has 72 valence electrons. The summed E-state index contributed by atoms with van der Waals surface area (Å²) in [5.74, 6) is 0.696. The van der Waals surface area contributed by atoms with E-state index in [9.17, 15) is 0 Å². The molecule has 0 aliphatic heterocycles. The lowest BCUT2D eigenvalue weighted by Crippen LogP contribution is -1.97. The van der Waals surface area contributed by atoms with E-state index in [4.69, 9.17) is 21.4 Å². The number of ether oxygens (including phenoxy) is 1. The fourth-order valence-corrected chi connectivity index (χ4v) is 1.51. The number of aliphatic hydroxyl groups excluding tert-OH is 1. The first-order valence-electron chi connectivity index (χ1n) is 4.05. The molecule has 0 amide bonds. The lowest BCUT2D eigenvalue weighted by Gasteiger charge is -2.12. The van der Waals surface area contributed by atoms with E-state index >= 15 is 0 Å². The molecule has 0 aliphatic rings. The van der Waals surface area contributed by atoms with Crippen LogP contribution in [-0.2, 0) is 6.61 Å². The van der Waals surface area contributed by atoms with Gasteiger partial charge < -0.3 is 9.84 Å². The highest BCUT2D eigenvalue weighted by Gasteiger charge is 2.10. The summed E-state index contributed by atoms with van der Waals surface area (Å²) in [6.45, 7) is 3.75. The van der Waals surface area contributed by atoms with Gasteiger partial charge in [0.15, 0.2) is 0 Å². The van der Waals surface area contributed by atoms with Crippen molar-refractivity contribution in [2.45, 2.75) is 20.5 Å². The molecule has 0 saturated carbocycles. The normalized spacial score (nSPS) is 10.2. The molecule has 0 aromatic heterocycles. The molecule has 0 saturated heterocycles. The molecule has 1 N–H and O–H groups in total. The van der Waals surface area contributed by atoms with Crippen molar-refractivity contribution >= 4 is 11.6 Å². The first-order valence-corrected chi connectivity index (χ1v) is 4.43. The van der Waals surface area contributed by atoms with E-state index in [1.54, 1.807) is 7.11 Å². The largest absolute Gasteiger partial charge is 0.496 e. The van der Waals surface area contributed by atoms with Gasteiger partial charge in [0.05, 0.1) is 13.7 Å². The maximum Gasteiger partial charge on any atom is 0.125 e. The van der Waals surface area contributed by atoms with Crippen molar-refractivity contribution in [3.05, 3.63) is 27.8 Å². The summed E-state index contributed by atoms with van der Waals surface area (Å²) in [7, 11) is 1.58. The molecule has 0 unspecified atom stereocenters. The molecule has 2 nitrogen and oxygen atoms in total. The van der Waals surface area contributed by atoms with E-state index in [0.29, 0.717) is 10.8 Å². The van der Waals surface area contributed by atoms with Crippen LogP contribution in [0.5, 0.6) is 5.75 Å². The van der Waals surface area contributed by atoms with Crippen molar-refractivity contribution in [1.82, 2.24) is 0 Å². The van der Waals surface area contributed by atoms with Crippen molar-refractivity contribution in [2.24, 2.45) is 0 Å². The van der Waals surface area contributed by atoms with Crippen LogP contribution in [0.3, 0.4) is 0 Å². The lowest BCUT2D eigenvalue weighted by atomic mass is 10.0. The standard InChI is InChI=1S/C10H13ClO2/c1-6-4-9(13-3)8(5-12)7(2)10(6)11/h4,12H,5H2,1-3H3. The Balaban J connectivity index is 3.39. The Kier molecular flexibility index (Phi) is 3.17. The number of methoxy groups -OCH3 is 1. The number of benzene rings is 1. The van der Waals surface area contributed by atoms with Gasteiger partial charge >= 0.3 is 0 Å². The van der Waals surface area contributed by atoms with Crippen molar-refractivity contribution in [3.63, 3.8) is 0 Å². The highest BCUT2D eigenvalue weighted by atomic mass is 35.5. The van der Waals surface area contributed by atoms with Gasteiger partial charge in [-0.3, -0.25) is 0 Å². The minimum Gasteiger partial charge on any atom is -0.496 e. The molecule has 0 radical (unpaired) electrons. The smallest absolute Gasteiger partial charge is 0.125 e. The summed E-state index contributed by atoms with van der Waals surface area (Å²) in [6.07, 6.45) is 0. The van der Waals surface area contributed by atoms with E-state index in [-0.39, 0.29) is 6.61 Å². The van der Waals surface area contributed by atoms with E-state index in [2.05, 4.69) is 0 Å². The fraction of sp³-hybridized carbons (Fsp3) is 0.400. The van der Waals surface area contributed by atoms with Crippen molar-refractivity contribution in [1.29, 1.82) is 0 Å². The number of rotatable bonds is 2. The molecule has 0 bridgehead atoms. The molecule has 0 heterocycles. The van der Waals surface area contributed by atoms with Crippen LogP contribution in [0.1, 0.15) is 16.7 Å². The number of aryl methyl sites for hydroxylation is 1. The van der Waals surface area contributed by atoms with Crippen LogP contribution in [0.4, 0.5) is 0 Å².